The third-order valence-corrected chi connectivity index (χ3v) is 2.87. The molecule has 0 aliphatic rings. The van der Waals surface area contributed by atoms with Crippen LogP contribution >= 0.6 is 0 Å². The molecule has 0 saturated carbocycles. The summed E-state index contributed by atoms with van der Waals surface area (Å²) >= 11 is 0. The van der Waals surface area contributed by atoms with Crippen molar-refractivity contribution in [3.05, 3.63) is 60.4 Å². The number of benzene rings is 2. The molecule has 0 spiro atoms. The van der Waals surface area contributed by atoms with Gasteiger partial charge in [0.25, 0.3) is 0 Å². The van der Waals surface area contributed by atoms with Crippen molar-refractivity contribution in [2.75, 3.05) is 5.73 Å². The Bertz CT molecular complexity index is 707. The monoisotopic (exact) mass is 254 g/mol. The van der Waals surface area contributed by atoms with Crippen LogP contribution in [0.15, 0.2) is 59.1 Å². The fraction of sp³-hybridized carbons (Fsp3) is 0. The summed E-state index contributed by atoms with van der Waals surface area (Å²) in [6.07, 6.45) is 0. The Labute approximate surface area is 109 Å². The molecule has 3 nitrogen and oxygen atoms in total. The van der Waals surface area contributed by atoms with Crippen molar-refractivity contribution in [2.45, 2.75) is 0 Å². The number of rotatable bonds is 2. The average Bonchev–Trinajstić information content (AvgIpc) is 2.82. The fourth-order valence-electron chi connectivity index (χ4n) is 2.01. The molecule has 0 bridgehead atoms. The van der Waals surface area contributed by atoms with E-state index in [0.29, 0.717) is 22.7 Å². The molecule has 4 heteroatoms. The summed E-state index contributed by atoms with van der Waals surface area (Å²) in [5, 5.41) is 3.78. The number of nitrogens with zero attached hydrogens (tertiary/aromatic N) is 1. The van der Waals surface area contributed by atoms with Gasteiger partial charge in [-0.05, 0) is 17.7 Å². The van der Waals surface area contributed by atoms with E-state index >= 15 is 0 Å². The molecule has 1 aromatic heterocycles. The largest absolute Gasteiger partial charge is 0.380 e. The van der Waals surface area contributed by atoms with Gasteiger partial charge in [-0.3, -0.25) is 0 Å². The smallest absolute Gasteiger partial charge is 0.177 e. The standard InChI is InChI=1S/C15H11FN2O/c16-12-8-4-7-11(9-12)14-13(15(17)18-19-14)10-5-2-1-3-6-10/h1-9H,(H2,17,18). The third-order valence-electron chi connectivity index (χ3n) is 2.87. The molecule has 0 aliphatic heterocycles. The highest BCUT2D eigenvalue weighted by atomic mass is 19.1. The molecule has 3 rings (SSSR count). The molecular formula is C15H11FN2O. The highest BCUT2D eigenvalue weighted by Gasteiger charge is 2.17. The van der Waals surface area contributed by atoms with Crippen molar-refractivity contribution in [2.24, 2.45) is 0 Å². The van der Waals surface area contributed by atoms with Crippen LogP contribution in [0.25, 0.3) is 22.5 Å². The molecule has 0 amide bonds. The zero-order valence-electron chi connectivity index (χ0n) is 10.0. The van der Waals surface area contributed by atoms with Crippen LogP contribution in [0.4, 0.5) is 10.2 Å². The van der Waals surface area contributed by atoms with E-state index in [0.717, 1.165) is 5.56 Å². The minimum Gasteiger partial charge on any atom is -0.380 e. The van der Waals surface area contributed by atoms with Gasteiger partial charge in [0.15, 0.2) is 11.6 Å². The van der Waals surface area contributed by atoms with Crippen LogP contribution in [0.3, 0.4) is 0 Å². The first kappa shape index (κ1) is 11.5. The number of hydrogen-bond donors (Lipinski definition) is 1. The molecule has 3 aromatic rings. The van der Waals surface area contributed by atoms with Crippen LogP contribution in [0.1, 0.15) is 0 Å². The third kappa shape index (κ3) is 2.08. The minimum absolute atomic E-state index is 0.297. The molecule has 94 valence electrons. The first-order chi connectivity index (χ1) is 9.25. The number of nitrogen functional groups attached to an aromatic ring is 1. The summed E-state index contributed by atoms with van der Waals surface area (Å²) in [7, 11) is 0. The maximum atomic E-state index is 13.3. The van der Waals surface area contributed by atoms with Crippen LogP contribution in [0.2, 0.25) is 0 Å². The zero-order chi connectivity index (χ0) is 13.2. The van der Waals surface area contributed by atoms with Crippen LogP contribution in [-0.2, 0) is 0 Å². The highest BCUT2D eigenvalue weighted by molar-refractivity contribution is 5.86. The van der Waals surface area contributed by atoms with Crippen molar-refractivity contribution in [1.29, 1.82) is 0 Å². The Hall–Kier alpha value is -2.62. The second-order valence-corrected chi connectivity index (χ2v) is 4.15. The van der Waals surface area contributed by atoms with Crippen molar-refractivity contribution in [3.8, 4) is 22.5 Å². The van der Waals surface area contributed by atoms with Gasteiger partial charge in [-0.1, -0.05) is 47.6 Å². The van der Waals surface area contributed by atoms with Gasteiger partial charge in [-0.15, -0.1) is 0 Å². The lowest BCUT2D eigenvalue weighted by molar-refractivity contribution is 0.436. The minimum atomic E-state index is -0.327. The maximum Gasteiger partial charge on any atom is 0.177 e. The maximum absolute atomic E-state index is 13.3. The number of halogens is 1. The van der Waals surface area contributed by atoms with Gasteiger partial charge >= 0.3 is 0 Å². The van der Waals surface area contributed by atoms with Crippen LogP contribution in [-0.4, -0.2) is 5.16 Å². The number of anilines is 1. The normalized spacial score (nSPS) is 10.6. The van der Waals surface area contributed by atoms with E-state index in [1.165, 1.54) is 12.1 Å². The van der Waals surface area contributed by atoms with Gasteiger partial charge in [0.05, 0.1) is 5.56 Å². The lowest BCUT2D eigenvalue weighted by Crippen LogP contribution is -1.88. The number of aromatic nitrogens is 1. The van der Waals surface area contributed by atoms with E-state index in [1.807, 2.05) is 30.3 Å². The van der Waals surface area contributed by atoms with E-state index in [2.05, 4.69) is 5.16 Å². The zero-order valence-corrected chi connectivity index (χ0v) is 10.0. The molecule has 0 saturated heterocycles. The van der Waals surface area contributed by atoms with Crippen LogP contribution in [0.5, 0.6) is 0 Å². The van der Waals surface area contributed by atoms with E-state index in [9.17, 15) is 4.39 Å². The first-order valence-corrected chi connectivity index (χ1v) is 5.82. The predicted octanol–water partition coefficient (Wildman–Crippen LogP) is 3.73. The van der Waals surface area contributed by atoms with Crippen molar-refractivity contribution in [3.63, 3.8) is 0 Å². The molecule has 0 atom stereocenters. The Kier molecular flexibility index (Phi) is 2.76. The quantitative estimate of drug-likeness (QED) is 0.758. The van der Waals surface area contributed by atoms with Gasteiger partial charge in [0, 0.05) is 5.56 Å². The van der Waals surface area contributed by atoms with E-state index in [1.54, 1.807) is 12.1 Å². The van der Waals surface area contributed by atoms with Crippen LogP contribution in [0, 0.1) is 5.82 Å². The first-order valence-electron chi connectivity index (χ1n) is 5.82. The van der Waals surface area contributed by atoms with Gasteiger partial charge < -0.3 is 10.3 Å². The van der Waals surface area contributed by atoms with E-state index in [-0.39, 0.29) is 5.82 Å². The van der Waals surface area contributed by atoms with Crippen molar-refractivity contribution >= 4 is 5.82 Å². The van der Waals surface area contributed by atoms with Gasteiger partial charge in [-0.2, -0.15) is 0 Å². The van der Waals surface area contributed by atoms with Crippen molar-refractivity contribution < 1.29 is 8.91 Å². The molecule has 19 heavy (non-hydrogen) atoms. The molecule has 1 heterocycles. The molecule has 0 unspecified atom stereocenters. The fourth-order valence-corrected chi connectivity index (χ4v) is 2.01. The molecule has 0 radical (unpaired) electrons. The number of nitrogens with two attached hydrogens (primary N) is 1. The summed E-state index contributed by atoms with van der Waals surface area (Å²) in [6, 6.07) is 15.7. The van der Waals surface area contributed by atoms with Gasteiger partial charge in [-0.25, -0.2) is 4.39 Å². The molecular weight excluding hydrogens is 243 g/mol. The van der Waals surface area contributed by atoms with Gasteiger partial charge in [0.2, 0.25) is 0 Å². The lowest BCUT2D eigenvalue weighted by atomic mass is 10.0. The molecule has 2 N–H and O–H groups in total. The Balaban J connectivity index is 2.19. The number of hydrogen-bond acceptors (Lipinski definition) is 3. The molecule has 0 fully saturated rings. The Morgan fingerprint density at radius 3 is 2.42 bits per heavy atom. The second kappa shape index (κ2) is 4.57. The lowest BCUT2D eigenvalue weighted by Gasteiger charge is -2.02. The van der Waals surface area contributed by atoms with E-state index < -0.39 is 0 Å². The second-order valence-electron chi connectivity index (χ2n) is 4.15. The summed E-state index contributed by atoms with van der Waals surface area (Å²) in [5.41, 5.74) is 8.04. The van der Waals surface area contributed by atoms with E-state index in [4.69, 9.17) is 10.3 Å². The highest BCUT2D eigenvalue weighted by Crippen LogP contribution is 2.36. The van der Waals surface area contributed by atoms with Gasteiger partial charge in [0.1, 0.15) is 5.82 Å². The Morgan fingerprint density at radius 1 is 0.947 bits per heavy atom. The van der Waals surface area contributed by atoms with Crippen molar-refractivity contribution in [1.82, 2.24) is 5.16 Å². The predicted molar refractivity (Wildman–Crippen MR) is 71.7 cm³/mol. The Morgan fingerprint density at radius 2 is 1.68 bits per heavy atom. The van der Waals surface area contributed by atoms with Crippen LogP contribution < -0.4 is 5.73 Å². The SMILES string of the molecule is Nc1noc(-c2cccc(F)c2)c1-c1ccccc1. The summed E-state index contributed by atoms with van der Waals surface area (Å²) in [4.78, 5) is 0. The topological polar surface area (TPSA) is 52.0 Å². The molecule has 0 aliphatic carbocycles. The average molecular weight is 254 g/mol. The summed E-state index contributed by atoms with van der Waals surface area (Å²) in [5.74, 6) is 0.445. The summed E-state index contributed by atoms with van der Waals surface area (Å²) in [6.45, 7) is 0. The summed E-state index contributed by atoms with van der Waals surface area (Å²) < 4.78 is 18.5. The molecule has 2 aromatic carbocycles.